The molecule has 0 aliphatic carbocycles. The highest BCUT2D eigenvalue weighted by atomic mass is 35.5. The lowest BCUT2D eigenvalue weighted by Gasteiger charge is -2.35. The molecule has 8 nitrogen and oxygen atoms in total. The number of aromatic carboxylic acids is 1. The zero-order valence-electron chi connectivity index (χ0n) is 20.0. The molecule has 0 saturated carbocycles. The van der Waals surface area contributed by atoms with Gasteiger partial charge in [-0.05, 0) is 56.3 Å². The number of anilines is 2. The van der Waals surface area contributed by atoms with Crippen LogP contribution in [0.3, 0.4) is 0 Å². The van der Waals surface area contributed by atoms with E-state index in [-0.39, 0.29) is 53.4 Å². The molecular formula is C24H31Cl3N4O4S. The Morgan fingerprint density at radius 3 is 2.22 bits per heavy atom. The van der Waals surface area contributed by atoms with E-state index in [2.05, 4.69) is 26.4 Å². The first-order chi connectivity index (χ1) is 15.8. The van der Waals surface area contributed by atoms with Gasteiger partial charge in [-0.15, -0.1) is 37.2 Å². The van der Waals surface area contributed by atoms with E-state index in [9.17, 15) is 18.3 Å². The highest BCUT2D eigenvalue weighted by Gasteiger charge is 2.21. The van der Waals surface area contributed by atoms with Crippen LogP contribution in [0.2, 0.25) is 0 Å². The summed E-state index contributed by atoms with van der Waals surface area (Å²) >= 11 is 0. The molecule has 0 atom stereocenters. The topological polar surface area (TPSA) is 103 Å². The van der Waals surface area contributed by atoms with Gasteiger partial charge in [0.05, 0.1) is 16.0 Å². The number of carboxylic acid groups (broad SMARTS) is 1. The summed E-state index contributed by atoms with van der Waals surface area (Å²) in [6.07, 6.45) is 1.10. The van der Waals surface area contributed by atoms with Gasteiger partial charge in [-0.25, -0.2) is 18.2 Å². The molecule has 0 amide bonds. The lowest BCUT2D eigenvalue weighted by molar-refractivity contribution is 0.0699. The highest BCUT2D eigenvalue weighted by Crippen LogP contribution is 2.28. The minimum atomic E-state index is -3.80. The van der Waals surface area contributed by atoms with Gasteiger partial charge in [0, 0.05) is 37.3 Å². The van der Waals surface area contributed by atoms with Gasteiger partial charge in [0.25, 0.3) is 10.0 Å². The number of nitrogens with zero attached hydrogens (tertiary/aromatic N) is 3. The standard InChI is InChI=1S/C24H28N4O4S.3ClH/c1-3-10-27-11-13-28(14-12-27)23-16-21(24(29)30)20-15-18(6-9-22(20)25-23)26-33(31,32)19-7-4-17(2)5-8-19;;;/h4-9,15-16,26H,3,10-14H2,1-2H3,(H,29,30);3*1H. The van der Waals surface area contributed by atoms with E-state index in [0.29, 0.717) is 16.7 Å². The van der Waals surface area contributed by atoms with Crippen LogP contribution in [0.5, 0.6) is 0 Å². The average Bonchev–Trinajstić information content (AvgIpc) is 2.79. The first kappa shape index (κ1) is 31.7. The van der Waals surface area contributed by atoms with Gasteiger partial charge in [-0.3, -0.25) is 9.62 Å². The summed E-state index contributed by atoms with van der Waals surface area (Å²) < 4.78 is 28.0. The highest BCUT2D eigenvalue weighted by molar-refractivity contribution is 7.92. The second-order valence-electron chi connectivity index (χ2n) is 8.31. The smallest absolute Gasteiger partial charge is 0.336 e. The predicted molar refractivity (Wildman–Crippen MR) is 151 cm³/mol. The summed E-state index contributed by atoms with van der Waals surface area (Å²) in [5, 5.41) is 10.2. The number of hydrogen-bond donors (Lipinski definition) is 2. The van der Waals surface area contributed by atoms with Crippen molar-refractivity contribution >= 4 is 75.6 Å². The van der Waals surface area contributed by atoms with E-state index in [1.54, 1.807) is 30.3 Å². The van der Waals surface area contributed by atoms with E-state index < -0.39 is 16.0 Å². The van der Waals surface area contributed by atoms with Gasteiger partial charge < -0.3 is 10.0 Å². The third-order valence-electron chi connectivity index (χ3n) is 5.85. The van der Waals surface area contributed by atoms with Crippen molar-refractivity contribution in [2.75, 3.05) is 42.3 Å². The molecule has 0 radical (unpaired) electrons. The normalized spacial score (nSPS) is 13.8. The molecule has 4 rings (SSSR count). The number of aromatic nitrogens is 1. The maximum absolute atomic E-state index is 12.7. The fourth-order valence-electron chi connectivity index (χ4n) is 4.06. The summed E-state index contributed by atoms with van der Waals surface area (Å²) in [5.74, 6) is -0.448. The number of rotatable bonds is 7. The first-order valence-electron chi connectivity index (χ1n) is 11.0. The molecule has 36 heavy (non-hydrogen) atoms. The maximum atomic E-state index is 12.7. The molecule has 0 spiro atoms. The van der Waals surface area contributed by atoms with Crippen molar-refractivity contribution in [1.82, 2.24) is 9.88 Å². The lowest BCUT2D eigenvalue weighted by Crippen LogP contribution is -2.46. The number of sulfonamides is 1. The number of benzene rings is 2. The summed E-state index contributed by atoms with van der Waals surface area (Å²) in [5.41, 5.74) is 1.86. The molecule has 1 saturated heterocycles. The van der Waals surface area contributed by atoms with Crippen LogP contribution in [0, 0.1) is 6.92 Å². The number of piperazine rings is 1. The molecule has 2 N–H and O–H groups in total. The lowest BCUT2D eigenvalue weighted by atomic mass is 10.1. The van der Waals surface area contributed by atoms with E-state index in [1.807, 2.05) is 6.92 Å². The molecule has 1 aromatic heterocycles. The van der Waals surface area contributed by atoms with Crippen molar-refractivity contribution in [3.05, 3.63) is 59.7 Å². The van der Waals surface area contributed by atoms with Crippen molar-refractivity contribution in [3.8, 4) is 0 Å². The molecule has 12 heteroatoms. The quantitative estimate of drug-likeness (QED) is 0.414. The summed E-state index contributed by atoms with van der Waals surface area (Å²) in [6, 6.07) is 12.9. The van der Waals surface area contributed by atoms with E-state index in [0.717, 1.165) is 44.7 Å². The monoisotopic (exact) mass is 576 g/mol. The number of carboxylic acids is 1. The van der Waals surface area contributed by atoms with Gasteiger partial charge in [0.1, 0.15) is 5.82 Å². The van der Waals surface area contributed by atoms with Crippen LogP contribution < -0.4 is 9.62 Å². The molecule has 3 aromatic rings. The minimum Gasteiger partial charge on any atom is -0.478 e. The molecular weight excluding hydrogens is 547 g/mol. The summed E-state index contributed by atoms with van der Waals surface area (Å²) in [4.78, 5) is 21.4. The van der Waals surface area contributed by atoms with Gasteiger partial charge in [-0.2, -0.15) is 0 Å². The van der Waals surface area contributed by atoms with Crippen LogP contribution in [0.1, 0.15) is 29.3 Å². The summed E-state index contributed by atoms with van der Waals surface area (Å²) in [7, 11) is -3.80. The fourth-order valence-corrected chi connectivity index (χ4v) is 5.11. The second kappa shape index (κ2) is 13.3. The van der Waals surface area contributed by atoms with Crippen LogP contribution in [0.4, 0.5) is 11.5 Å². The van der Waals surface area contributed by atoms with Crippen molar-refractivity contribution in [2.45, 2.75) is 25.2 Å². The zero-order chi connectivity index (χ0) is 23.6. The Balaban J connectivity index is 0.00000216. The van der Waals surface area contributed by atoms with Crippen LogP contribution in [0.25, 0.3) is 10.9 Å². The van der Waals surface area contributed by atoms with Crippen LogP contribution in [-0.2, 0) is 10.0 Å². The Bertz CT molecular complexity index is 1280. The van der Waals surface area contributed by atoms with Crippen molar-refractivity contribution in [1.29, 1.82) is 0 Å². The van der Waals surface area contributed by atoms with Gasteiger partial charge >= 0.3 is 5.97 Å². The Kier molecular flexibility index (Phi) is 11.7. The zero-order valence-corrected chi connectivity index (χ0v) is 23.3. The number of aryl methyl sites for hydroxylation is 1. The van der Waals surface area contributed by atoms with E-state index in [4.69, 9.17) is 0 Å². The second-order valence-corrected chi connectivity index (χ2v) is 9.99. The molecule has 0 unspecified atom stereocenters. The molecule has 1 aliphatic rings. The third-order valence-corrected chi connectivity index (χ3v) is 7.24. The Hall–Kier alpha value is -2.30. The SMILES string of the molecule is CCCN1CCN(c2cc(C(=O)O)c3cc(NS(=O)(=O)c4ccc(C)cc4)ccc3n2)CC1.Cl.Cl.Cl. The maximum Gasteiger partial charge on any atom is 0.336 e. The Labute approximate surface area is 230 Å². The van der Waals surface area contributed by atoms with Crippen molar-refractivity contribution in [2.24, 2.45) is 0 Å². The predicted octanol–water partition coefficient (Wildman–Crippen LogP) is 4.84. The number of halogens is 3. The number of fused-ring (bicyclic) bond motifs is 1. The Morgan fingerprint density at radius 2 is 1.64 bits per heavy atom. The van der Waals surface area contributed by atoms with E-state index in [1.165, 1.54) is 18.2 Å². The van der Waals surface area contributed by atoms with E-state index >= 15 is 0 Å². The molecule has 198 valence electrons. The van der Waals surface area contributed by atoms with Crippen molar-refractivity contribution < 1.29 is 18.3 Å². The van der Waals surface area contributed by atoms with Gasteiger partial charge in [0.2, 0.25) is 0 Å². The summed E-state index contributed by atoms with van der Waals surface area (Å²) in [6.45, 7) is 8.49. The largest absolute Gasteiger partial charge is 0.478 e. The molecule has 1 fully saturated rings. The molecule has 2 aromatic carbocycles. The Morgan fingerprint density at radius 1 is 1.00 bits per heavy atom. The fraction of sp³-hybridized carbons (Fsp3) is 0.333. The average molecular weight is 578 g/mol. The van der Waals surface area contributed by atoms with Crippen LogP contribution in [0.15, 0.2) is 53.4 Å². The van der Waals surface area contributed by atoms with Gasteiger partial charge in [0.15, 0.2) is 0 Å². The number of hydrogen-bond acceptors (Lipinski definition) is 6. The number of pyridine rings is 1. The number of carbonyl (C=O) groups is 1. The number of nitrogens with one attached hydrogen (secondary N) is 1. The molecule has 0 bridgehead atoms. The van der Waals surface area contributed by atoms with Gasteiger partial charge in [-0.1, -0.05) is 24.6 Å². The third kappa shape index (κ3) is 7.14. The minimum absolute atomic E-state index is 0. The van der Waals surface area contributed by atoms with Crippen LogP contribution >= 0.6 is 37.2 Å². The molecule has 1 aliphatic heterocycles. The molecule has 2 heterocycles. The first-order valence-corrected chi connectivity index (χ1v) is 12.5. The van der Waals surface area contributed by atoms with Crippen LogP contribution in [-0.4, -0.2) is 62.1 Å². The van der Waals surface area contributed by atoms with Crippen molar-refractivity contribution in [3.63, 3.8) is 0 Å².